The van der Waals surface area contributed by atoms with Gasteiger partial charge in [0.1, 0.15) is 23.7 Å². The Morgan fingerprint density at radius 2 is 1.76 bits per heavy atom. The van der Waals surface area contributed by atoms with Crippen molar-refractivity contribution in [2.24, 2.45) is 0 Å². The van der Waals surface area contributed by atoms with Gasteiger partial charge in [0.15, 0.2) is 9.84 Å². The van der Waals surface area contributed by atoms with Crippen LogP contribution in [0.2, 0.25) is 0 Å². The third kappa shape index (κ3) is 4.73. The Kier molecular flexibility index (Phi) is 5.69. The molecule has 7 heteroatoms. The highest BCUT2D eigenvalue weighted by molar-refractivity contribution is 7.91. The summed E-state index contributed by atoms with van der Waals surface area (Å²) < 4.78 is 30.0. The Labute approximate surface area is 146 Å². The fraction of sp³-hybridized carbons (Fsp3) is 0.278. The fourth-order valence-electron chi connectivity index (χ4n) is 2.22. The van der Waals surface area contributed by atoms with E-state index >= 15 is 0 Å². The topological polar surface area (TPSA) is 101 Å². The number of rotatable bonds is 7. The quantitative estimate of drug-likeness (QED) is 0.783. The molecule has 0 heterocycles. The molecule has 0 unspecified atom stereocenters. The van der Waals surface area contributed by atoms with E-state index in [0.29, 0.717) is 5.92 Å². The predicted octanol–water partition coefficient (Wildman–Crippen LogP) is 3.07. The smallest absolute Gasteiger partial charge is 0.339 e. The average Bonchev–Trinajstić information content (AvgIpc) is 2.56. The Balaban J connectivity index is 2.03. The van der Waals surface area contributed by atoms with Crippen molar-refractivity contribution in [1.82, 2.24) is 0 Å². The lowest BCUT2D eigenvalue weighted by atomic mass is 10.0. The molecule has 0 spiro atoms. The number of carbonyl (C=O) groups is 1. The van der Waals surface area contributed by atoms with Crippen LogP contribution >= 0.6 is 0 Å². The molecule has 0 aromatic heterocycles. The predicted molar refractivity (Wildman–Crippen MR) is 93.1 cm³/mol. The molecule has 6 nitrogen and oxygen atoms in total. The van der Waals surface area contributed by atoms with Gasteiger partial charge in [0.25, 0.3) is 0 Å². The lowest BCUT2D eigenvalue weighted by molar-refractivity contribution is 0.0693. The molecule has 0 aliphatic heterocycles. The number of hydrogen-bond acceptors (Lipinski definition) is 5. The molecule has 0 fully saturated rings. The number of phenols is 1. The normalized spacial score (nSPS) is 11.5. The van der Waals surface area contributed by atoms with E-state index in [1.54, 1.807) is 24.3 Å². The molecular weight excluding hydrogens is 344 g/mol. The number of aromatic carboxylic acids is 1. The zero-order chi connectivity index (χ0) is 18.6. The second-order valence-corrected chi connectivity index (χ2v) is 7.98. The first-order valence-corrected chi connectivity index (χ1v) is 9.38. The minimum Gasteiger partial charge on any atom is -0.507 e. The van der Waals surface area contributed by atoms with E-state index < -0.39 is 15.8 Å². The second-order valence-electron chi connectivity index (χ2n) is 5.88. The molecule has 2 aromatic rings. The molecule has 0 saturated heterocycles. The van der Waals surface area contributed by atoms with Gasteiger partial charge in [0, 0.05) is 0 Å². The first-order chi connectivity index (χ1) is 11.7. The summed E-state index contributed by atoms with van der Waals surface area (Å²) in [7, 11) is -3.50. The van der Waals surface area contributed by atoms with E-state index in [1.165, 1.54) is 12.1 Å². The van der Waals surface area contributed by atoms with Crippen LogP contribution in [0.1, 0.15) is 35.7 Å². The van der Waals surface area contributed by atoms with E-state index in [9.17, 15) is 18.3 Å². The van der Waals surface area contributed by atoms with Crippen LogP contribution in [0.15, 0.2) is 47.4 Å². The maximum atomic E-state index is 12.3. The van der Waals surface area contributed by atoms with Gasteiger partial charge in [-0.25, -0.2) is 13.2 Å². The van der Waals surface area contributed by atoms with Crippen LogP contribution in [0.4, 0.5) is 0 Å². The Bertz CT molecular complexity index is 854. The van der Waals surface area contributed by atoms with E-state index in [0.717, 1.165) is 11.6 Å². The summed E-state index contributed by atoms with van der Waals surface area (Å²) in [6.45, 7) is 3.93. The van der Waals surface area contributed by atoms with Crippen LogP contribution in [0.3, 0.4) is 0 Å². The summed E-state index contributed by atoms with van der Waals surface area (Å²) >= 11 is 0. The molecule has 0 amide bonds. The van der Waals surface area contributed by atoms with Crippen molar-refractivity contribution >= 4 is 15.8 Å². The number of ether oxygens (including phenoxy) is 1. The molecule has 0 atom stereocenters. The molecule has 0 aliphatic carbocycles. The maximum Gasteiger partial charge on any atom is 0.339 e. The Morgan fingerprint density at radius 1 is 1.12 bits per heavy atom. The highest BCUT2D eigenvalue weighted by atomic mass is 32.2. The number of aromatic hydroxyl groups is 1. The van der Waals surface area contributed by atoms with Crippen molar-refractivity contribution in [3.05, 3.63) is 53.6 Å². The molecule has 0 radical (unpaired) electrons. The Morgan fingerprint density at radius 3 is 2.32 bits per heavy atom. The number of carboxylic acid groups (broad SMARTS) is 1. The third-order valence-electron chi connectivity index (χ3n) is 3.73. The standard InChI is InChI=1S/C18H20O6S/c1-12(2)13-3-6-15(7-4-13)25(22,23)10-9-24-14-5-8-17(19)16(11-14)18(20)21/h3-8,11-12,19H,9-10H2,1-2H3,(H,20,21). The van der Waals surface area contributed by atoms with Crippen LogP contribution in [0.25, 0.3) is 0 Å². The first-order valence-electron chi connectivity index (χ1n) is 7.72. The van der Waals surface area contributed by atoms with E-state index in [4.69, 9.17) is 9.84 Å². The molecule has 2 N–H and O–H groups in total. The number of benzene rings is 2. The zero-order valence-corrected chi connectivity index (χ0v) is 14.8. The van der Waals surface area contributed by atoms with Crippen molar-refractivity contribution in [3.8, 4) is 11.5 Å². The first kappa shape index (κ1) is 18.8. The molecule has 2 rings (SSSR count). The lowest BCUT2D eigenvalue weighted by Gasteiger charge is -2.10. The highest BCUT2D eigenvalue weighted by Gasteiger charge is 2.16. The van der Waals surface area contributed by atoms with Gasteiger partial charge < -0.3 is 14.9 Å². The van der Waals surface area contributed by atoms with Crippen molar-refractivity contribution in [3.63, 3.8) is 0 Å². The molecule has 0 bridgehead atoms. The van der Waals surface area contributed by atoms with Gasteiger partial charge in [-0.15, -0.1) is 0 Å². The van der Waals surface area contributed by atoms with Crippen LogP contribution < -0.4 is 4.74 Å². The number of carboxylic acids is 1. The van der Waals surface area contributed by atoms with Crippen molar-refractivity contribution in [2.45, 2.75) is 24.7 Å². The molecule has 0 saturated carbocycles. The minimum absolute atomic E-state index is 0.127. The summed E-state index contributed by atoms with van der Waals surface area (Å²) in [5, 5.41) is 18.4. The van der Waals surface area contributed by atoms with Crippen LogP contribution in [0, 0.1) is 0 Å². The van der Waals surface area contributed by atoms with Gasteiger partial charge in [-0.3, -0.25) is 0 Å². The average molecular weight is 364 g/mol. The summed E-state index contributed by atoms with van der Waals surface area (Å²) in [5.41, 5.74) is 0.755. The summed E-state index contributed by atoms with van der Waals surface area (Å²) in [6, 6.07) is 10.5. The second kappa shape index (κ2) is 7.57. The molecule has 134 valence electrons. The van der Waals surface area contributed by atoms with Crippen molar-refractivity contribution in [1.29, 1.82) is 0 Å². The summed E-state index contributed by atoms with van der Waals surface area (Å²) in [4.78, 5) is 11.2. The largest absolute Gasteiger partial charge is 0.507 e. The van der Waals surface area contributed by atoms with Crippen LogP contribution in [0.5, 0.6) is 11.5 Å². The van der Waals surface area contributed by atoms with Crippen LogP contribution in [-0.2, 0) is 9.84 Å². The van der Waals surface area contributed by atoms with Gasteiger partial charge in [-0.2, -0.15) is 0 Å². The van der Waals surface area contributed by atoms with Gasteiger partial charge in [-0.1, -0.05) is 26.0 Å². The van der Waals surface area contributed by atoms with E-state index in [2.05, 4.69) is 0 Å². The molecule has 2 aromatic carbocycles. The monoisotopic (exact) mass is 364 g/mol. The zero-order valence-electron chi connectivity index (χ0n) is 14.0. The SMILES string of the molecule is CC(C)c1ccc(S(=O)(=O)CCOc2ccc(O)c(C(=O)O)c2)cc1. The van der Waals surface area contributed by atoms with E-state index in [-0.39, 0.29) is 34.3 Å². The lowest BCUT2D eigenvalue weighted by Crippen LogP contribution is -2.14. The molecule has 0 aliphatic rings. The van der Waals surface area contributed by atoms with Crippen molar-refractivity contribution in [2.75, 3.05) is 12.4 Å². The maximum absolute atomic E-state index is 12.3. The van der Waals surface area contributed by atoms with Gasteiger partial charge in [0.2, 0.25) is 0 Å². The minimum atomic E-state index is -3.50. The van der Waals surface area contributed by atoms with Gasteiger partial charge >= 0.3 is 5.97 Å². The van der Waals surface area contributed by atoms with Crippen LogP contribution in [-0.4, -0.2) is 37.0 Å². The molecular formula is C18H20O6S. The summed E-state index contributed by atoms with van der Waals surface area (Å²) in [6.07, 6.45) is 0. The van der Waals surface area contributed by atoms with Gasteiger partial charge in [-0.05, 0) is 41.8 Å². The van der Waals surface area contributed by atoms with E-state index in [1.807, 2.05) is 13.8 Å². The molecule has 25 heavy (non-hydrogen) atoms. The summed E-state index contributed by atoms with van der Waals surface area (Å²) in [5.74, 6) is -1.41. The number of sulfone groups is 1. The third-order valence-corrected chi connectivity index (χ3v) is 5.42. The Hall–Kier alpha value is -2.54. The highest BCUT2D eigenvalue weighted by Crippen LogP contribution is 2.23. The fourth-order valence-corrected chi connectivity index (χ4v) is 3.31. The van der Waals surface area contributed by atoms with Gasteiger partial charge in [0.05, 0.1) is 10.6 Å². The van der Waals surface area contributed by atoms with Crippen molar-refractivity contribution < 1.29 is 28.2 Å². The number of hydrogen-bond donors (Lipinski definition) is 2.